The molecule has 3 heterocycles. The number of aromatic nitrogens is 2. The number of morpholine rings is 1. The van der Waals surface area contributed by atoms with E-state index in [1.165, 1.54) is 9.60 Å². The van der Waals surface area contributed by atoms with Crippen LogP contribution in [0.25, 0.3) is 21.1 Å². The Hall–Kier alpha value is -2.19. The summed E-state index contributed by atoms with van der Waals surface area (Å²) >= 11 is 3.45. The van der Waals surface area contributed by atoms with E-state index in [9.17, 15) is 0 Å². The van der Waals surface area contributed by atoms with Crippen LogP contribution in [0.15, 0.2) is 59.1 Å². The molecule has 5 rings (SSSR count). The molecule has 5 nitrogen and oxygen atoms in total. The number of hydrogen-bond acceptors (Lipinski definition) is 7. The first-order valence-corrected chi connectivity index (χ1v) is 11.3. The number of fused-ring (bicyclic) bond motifs is 2. The quantitative estimate of drug-likeness (QED) is 0.425. The Morgan fingerprint density at radius 1 is 1.10 bits per heavy atom. The number of thiazole rings is 1. The van der Waals surface area contributed by atoms with Gasteiger partial charge in [0, 0.05) is 40.9 Å². The average molecular weight is 423 g/mol. The summed E-state index contributed by atoms with van der Waals surface area (Å²) in [5.41, 5.74) is 5.86. The van der Waals surface area contributed by atoms with Gasteiger partial charge in [0.2, 0.25) is 0 Å². The second kappa shape index (κ2) is 7.57. The van der Waals surface area contributed by atoms with Crippen LogP contribution in [-0.4, -0.2) is 39.6 Å². The number of anilines is 2. The molecule has 0 amide bonds. The van der Waals surface area contributed by atoms with Crippen LogP contribution in [0.3, 0.4) is 0 Å². The van der Waals surface area contributed by atoms with E-state index in [-0.39, 0.29) is 5.60 Å². The molecular formula is C22H22N4OS2. The minimum Gasteiger partial charge on any atom is -0.373 e. The van der Waals surface area contributed by atoms with Crippen molar-refractivity contribution in [3.8, 4) is 0 Å². The molecule has 29 heavy (non-hydrogen) atoms. The van der Waals surface area contributed by atoms with E-state index >= 15 is 0 Å². The number of nitrogens with zero attached hydrogens (tertiary/aromatic N) is 3. The molecule has 7 heteroatoms. The molecule has 0 saturated carbocycles. The van der Waals surface area contributed by atoms with Crippen LogP contribution in [0.5, 0.6) is 0 Å². The number of rotatable bonds is 4. The third-order valence-electron chi connectivity index (χ3n) is 4.95. The van der Waals surface area contributed by atoms with Crippen molar-refractivity contribution < 1.29 is 4.74 Å². The lowest BCUT2D eigenvalue weighted by Crippen LogP contribution is -2.45. The van der Waals surface area contributed by atoms with Crippen LogP contribution < -0.4 is 5.32 Å². The van der Waals surface area contributed by atoms with Crippen molar-refractivity contribution in [1.29, 1.82) is 0 Å². The van der Waals surface area contributed by atoms with E-state index in [1.807, 2.05) is 17.8 Å². The van der Waals surface area contributed by atoms with Crippen molar-refractivity contribution in [2.24, 2.45) is 0 Å². The summed E-state index contributed by atoms with van der Waals surface area (Å²) in [6.07, 6.45) is 1.85. The molecule has 0 bridgehead atoms. The summed E-state index contributed by atoms with van der Waals surface area (Å²) in [5.74, 6) is 0. The van der Waals surface area contributed by atoms with Gasteiger partial charge in [0.25, 0.3) is 0 Å². The van der Waals surface area contributed by atoms with Crippen LogP contribution in [0.4, 0.5) is 11.4 Å². The maximum atomic E-state index is 5.83. The lowest BCUT2D eigenvalue weighted by atomic mass is 10.1. The van der Waals surface area contributed by atoms with Gasteiger partial charge in [0.1, 0.15) is 0 Å². The van der Waals surface area contributed by atoms with E-state index in [2.05, 4.69) is 69.8 Å². The van der Waals surface area contributed by atoms with Gasteiger partial charge in [-0.05, 0) is 68.3 Å². The Morgan fingerprint density at radius 3 is 2.93 bits per heavy atom. The summed E-state index contributed by atoms with van der Waals surface area (Å²) in [6.45, 7) is 6.89. The van der Waals surface area contributed by atoms with Gasteiger partial charge in [-0.3, -0.25) is 4.98 Å². The molecule has 2 aromatic carbocycles. The zero-order chi connectivity index (χ0) is 19.8. The molecule has 4 aromatic rings. The van der Waals surface area contributed by atoms with Gasteiger partial charge in [0.15, 0.2) is 0 Å². The molecule has 1 aliphatic rings. The molecule has 1 fully saturated rings. The molecule has 2 aromatic heterocycles. The van der Waals surface area contributed by atoms with Crippen molar-refractivity contribution in [3.05, 3.63) is 54.2 Å². The topological polar surface area (TPSA) is 50.3 Å². The maximum Gasteiger partial charge on any atom is 0.0832 e. The third kappa shape index (κ3) is 4.09. The van der Waals surface area contributed by atoms with Crippen LogP contribution in [0, 0.1) is 0 Å². The van der Waals surface area contributed by atoms with Crippen LogP contribution in [0.1, 0.15) is 13.8 Å². The molecule has 1 aliphatic heterocycles. The Bertz CT molecular complexity index is 1170. The standard InChI is InChI=1S/C22H22N4OS2/c1-22(2)13-26(9-10-27-22)29-16-4-5-18-17(12-16)19(7-8-23-18)25-15-3-6-21-20(11-15)24-14-28-21/h3-8,11-12,14H,9-10,13H2,1-2H3,(H,23,25). The van der Waals surface area contributed by atoms with Crippen molar-refractivity contribution in [2.45, 2.75) is 24.3 Å². The van der Waals surface area contributed by atoms with Gasteiger partial charge in [-0.2, -0.15) is 0 Å². The fourth-order valence-electron chi connectivity index (χ4n) is 3.58. The molecule has 0 spiro atoms. The normalized spacial score (nSPS) is 17.0. The highest BCUT2D eigenvalue weighted by molar-refractivity contribution is 7.97. The van der Waals surface area contributed by atoms with E-state index in [0.717, 1.165) is 47.5 Å². The fraction of sp³-hybridized carbons (Fsp3) is 0.273. The van der Waals surface area contributed by atoms with E-state index in [0.29, 0.717) is 0 Å². The second-order valence-corrected chi connectivity index (χ2v) is 9.82. The first-order valence-electron chi connectivity index (χ1n) is 9.62. The van der Waals surface area contributed by atoms with Crippen LogP contribution in [0.2, 0.25) is 0 Å². The van der Waals surface area contributed by atoms with E-state index in [1.54, 1.807) is 23.3 Å². The van der Waals surface area contributed by atoms with E-state index in [4.69, 9.17) is 4.74 Å². The fourth-order valence-corrected chi connectivity index (χ4v) is 5.38. The van der Waals surface area contributed by atoms with Gasteiger partial charge in [-0.1, -0.05) is 0 Å². The minimum atomic E-state index is -0.106. The average Bonchev–Trinajstić information content (AvgIpc) is 3.15. The minimum absolute atomic E-state index is 0.106. The smallest absolute Gasteiger partial charge is 0.0832 e. The lowest BCUT2D eigenvalue weighted by Gasteiger charge is -2.37. The highest BCUT2D eigenvalue weighted by atomic mass is 32.2. The Labute approximate surface area is 178 Å². The predicted molar refractivity (Wildman–Crippen MR) is 122 cm³/mol. The molecule has 148 valence electrons. The predicted octanol–water partition coefficient (Wildman–Crippen LogP) is 5.71. The van der Waals surface area contributed by atoms with Gasteiger partial charge in [-0.15, -0.1) is 11.3 Å². The first kappa shape index (κ1) is 18.8. The second-order valence-electron chi connectivity index (χ2n) is 7.76. The van der Waals surface area contributed by atoms with Crippen molar-refractivity contribution in [1.82, 2.24) is 14.3 Å². The number of ether oxygens (including phenoxy) is 1. The lowest BCUT2D eigenvalue weighted by molar-refractivity contribution is -0.0616. The summed E-state index contributed by atoms with van der Waals surface area (Å²) in [4.78, 5) is 10.2. The highest BCUT2D eigenvalue weighted by Crippen LogP contribution is 2.33. The van der Waals surface area contributed by atoms with Crippen LogP contribution in [-0.2, 0) is 4.74 Å². The van der Waals surface area contributed by atoms with Crippen molar-refractivity contribution in [2.75, 3.05) is 25.0 Å². The van der Waals surface area contributed by atoms with Crippen molar-refractivity contribution >= 4 is 55.8 Å². The van der Waals surface area contributed by atoms with Crippen molar-refractivity contribution in [3.63, 3.8) is 0 Å². The van der Waals surface area contributed by atoms with Gasteiger partial charge in [-0.25, -0.2) is 9.29 Å². The molecule has 1 saturated heterocycles. The Morgan fingerprint density at radius 2 is 2.03 bits per heavy atom. The molecule has 1 N–H and O–H groups in total. The summed E-state index contributed by atoms with van der Waals surface area (Å²) in [7, 11) is 0. The molecule has 0 aliphatic carbocycles. The monoisotopic (exact) mass is 422 g/mol. The molecule has 0 unspecified atom stereocenters. The van der Waals surface area contributed by atoms with Gasteiger partial charge in [0.05, 0.1) is 33.5 Å². The number of nitrogens with one attached hydrogen (secondary N) is 1. The maximum absolute atomic E-state index is 5.83. The first-order chi connectivity index (χ1) is 14.1. The zero-order valence-electron chi connectivity index (χ0n) is 16.4. The number of pyridine rings is 1. The molecule has 0 atom stereocenters. The van der Waals surface area contributed by atoms with Gasteiger partial charge < -0.3 is 10.1 Å². The number of benzene rings is 2. The summed E-state index contributed by atoms with van der Waals surface area (Å²) < 4.78 is 9.41. The Balaban J connectivity index is 1.43. The van der Waals surface area contributed by atoms with E-state index < -0.39 is 0 Å². The molecule has 0 radical (unpaired) electrons. The largest absolute Gasteiger partial charge is 0.373 e. The zero-order valence-corrected chi connectivity index (χ0v) is 18.0. The Kier molecular flexibility index (Phi) is 4.91. The number of hydrogen-bond donors (Lipinski definition) is 1. The molecular weight excluding hydrogens is 400 g/mol. The third-order valence-corrected chi connectivity index (χ3v) is 6.79. The van der Waals surface area contributed by atoms with Crippen LogP contribution >= 0.6 is 23.3 Å². The SMILES string of the molecule is CC1(C)CN(Sc2ccc3nccc(Nc4ccc5scnc5c4)c3c2)CCO1. The highest BCUT2D eigenvalue weighted by Gasteiger charge is 2.27. The summed E-state index contributed by atoms with van der Waals surface area (Å²) in [5, 5.41) is 4.67. The van der Waals surface area contributed by atoms with Gasteiger partial charge >= 0.3 is 0 Å². The summed E-state index contributed by atoms with van der Waals surface area (Å²) in [6, 6.07) is 14.8.